The van der Waals surface area contributed by atoms with Crippen molar-refractivity contribution < 1.29 is 23.4 Å². The monoisotopic (exact) mass is 299 g/mol. The molecular weight excluding hydrogens is 280 g/mol. The number of hydrogen-bond acceptors (Lipinski definition) is 3. The van der Waals surface area contributed by atoms with Crippen LogP contribution < -0.4 is 5.32 Å². The van der Waals surface area contributed by atoms with Crippen LogP contribution >= 0.6 is 0 Å². The Labute approximate surface area is 122 Å². The van der Waals surface area contributed by atoms with Crippen molar-refractivity contribution in [3.63, 3.8) is 0 Å². The molecule has 1 aromatic carbocycles. The topological polar surface area (TPSA) is 58.6 Å². The van der Waals surface area contributed by atoms with Crippen LogP contribution in [0.15, 0.2) is 12.1 Å². The number of nitrogens with one attached hydrogen (secondary N) is 1. The first-order valence-corrected chi connectivity index (χ1v) is 7.16. The second kappa shape index (κ2) is 7.36. The fraction of sp³-hybridized carbons (Fsp3) is 0.533. The Hall–Kier alpha value is -1.69. The van der Waals surface area contributed by atoms with E-state index in [0.717, 1.165) is 18.9 Å². The molecule has 0 aromatic heterocycles. The number of carbonyl (C=O) groups is 1. The number of carboxylic acid groups (broad SMARTS) is 1. The van der Waals surface area contributed by atoms with Gasteiger partial charge >= 0.3 is 5.97 Å². The first kappa shape index (κ1) is 15.7. The number of ether oxygens (including phenoxy) is 1. The van der Waals surface area contributed by atoms with Crippen molar-refractivity contribution in [1.82, 2.24) is 0 Å². The fourth-order valence-electron chi connectivity index (χ4n) is 2.49. The van der Waals surface area contributed by atoms with Gasteiger partial charge in [0.2, 0.25) is 0 Å². The molecule has 0 amide bonds. The molecule has 1 aliphatic carbocycles. The summed E-state index contributed by atoms with van der Waals surface area (Å²) in [7, 11) is 0. The number of benzene rings is 1. The zero-order valence-electron chi connectivity index (χ0n) is 11.7. The van der Waals surface area contributed by atoms with Crippen molar-refractivity contribution in [3.05, 3.63) is 29.3 Å². The molecule has 4 nitrogen and oxygen atoms in total. The average molecular weight is 299 g/mol. The normalized spacial score (nSPS) is 15.9. The van der Waals surface area contributed by atoms with E-state index < -0.39 is 23.2 Å². The van der Waals surface area contributed by atoms with Gasteiger partial charge in [0, 0.05) is 6.54 Å². The summed E-state index contributed by atoms with van der Waals surface area (Å²) in [6.45, 7) is 0.756. The molecule has 1 saturated carbocycles. The van der Waals surface area contributed by atoms with Gasteiger partial charge in [-0.15, -0.1) is 0 Å². The fourth-order valence-corrected chi connectivity index (χ4v) is 2.49. The van der Waals surface area contributed by atoms with Gasteiger partial charge in [-0.2, -0.15) is 0 Å². The van der Waals surface area contributed by atoms with Gasteiger partial charge in [-0.1, -0.05) is 19.3 Å². The summed E-state index contributed by atoms with van der Waals surface area (Å²) >= 11 is 0. The lowest BCUT2D eigenvalue weighted by molar-refractivity contribution is 0.0347. The molecule has 0 heterocycles. The predicted octanol–water partition coefficient (Wildman–Crippen LogP) is 3.42. The number of anilines is 1. The smallest absolute Gasteiger partial charge is 0.338 e. The van der Waals surface area contributed by atoms with Crippen LogP contribution in [0.1, 0.15) is 42.5 Å². The largest absolute Gasteiger partial charge is 0.478 e. The minimum absolute atomic E-state index is 0.0512. The Morgan fingerprint density at radius 2 is 1.95 bits per heavy atom. The number of halogens is 2. The van der Waals surface area contributed by atoms with E-state index in [9.17, 15) is 13.6 Å². The number of rotatable bonds is 6. The molecule has 1 fully saturated rings. The highest BCUT2D eigenvalue weighted by atomic mass is 19.2. The lowest BCUT2D eigenvalue weighted by Crippen LogP contribution is -2.21. The number of carboxylic acids is 1. The Balaban J connectivity index is 1.83. The molecule has 2 rings (SSSR count). The van der Waals surface area contributed by atoms with Gasteiger partial charge in [-0.25, -0.2) is 13.6 Å². The Bertz CT molecular complexity index is 502. The van der Waals surface area contributed by atoms with Gasteiger partial charge in [0.05, 0.1) is 24.0 Å². The molecule has 1 aliphatic rings. The molecule has 2 N–H and O–H groups in total. The van der Waals surface area contributed by atoms with E-state index in [-0.39, 0.29) is 11.8 Å². The maximum absolute atomic E-state index is 13.7. The zero-order chi connectivity index (χ0) is 15.2. The van der Waals surface area contributed by atoms with E-state index in [1.54, 1.807) is 0 Å². The van der Waals surface area contributed by atoms with Crippen LogP contribution in [0.2, 0.25) is 0 Å². The quantitative estimate of drug-likeness (QED) is 0.790. The van der Waals surface area contributed by atoms with Crippen molar-refractivity contribution in [1.29, 1.82) is 0 Å². The predicted molar refractivity (Wildman–Crippen MR) is 74.6 cm³/mol. The second-order valence-corrected chi connectivity index (χ2v) is 5.15. The second-order valence-electron chi connectivity index (χ2n) is 5.15. The third kappa shape index (κ3) is 4.14. The van der Waals surface area contributed by atoms with Crippen LogP contribution in [0, 0.1) is 11.6 Å². The Morgan fingerprint density at radius 3 is 2.62 bits per heavy atom. The standard InChI is InChI=1S/C15H19F2NO3/c16-13-11(15(19)20)6-7-12(14(13)17)18-8-9-21-10-4-2-1-3-5-10/h6-7,10,18H,1-5,8-9H2,(H,19,20). The van der Waals surface area contributed by atoms with Gasteiger partial charge in [0.25, 0.3) is 0 Å². The molecule has 21 heavy (non-hydrogen) atoms. The summed E-state index contributed by atoms with van der Waals surface area (Å²) in [6, 6.07) is 2.27. The van der Waals surface area contributed by atoms with Crippen LogP contribution in [-0.4, -0.2) is 30.3 Å². The van der Waals surface area contributed by atoms with E-state index in [4.69, 9.17) is 9.84 Å². The Morgan fingerprint density at radius 1 is 1.24 bits per heavy atom. The summed E-state index contributed by atoms with van der Waals surface area (Å²) in [5.41, 5.74) is -0.721. The van der Waals surface area contributed by atoms with E-state index in [1.165, 1.54) is 25.3 Å². The van der Waals surface area contributed by atoms with Crippen molar-refractivity contribution in [2.24, 2.45) is 0 Å². The lowest BCUT2D eigenvalue weighted by atomic mass is 9.98. The first-order chi connectivity index (χ1) is 10.1. The maximum atomic E-state index is 13.7. The van der Waals surface area contributed by atoms with Gasteiger partial charge in [0.15, 0.2) is 11.6 Å². The van der Waals surface area contributed by atoms with E-state index in [2.05, 4.69) is 5.32 Å². The molecule has 0 spiro atoms. The molecule has 0 saturated heterocycles. The third-order valence-electron chi connectivity index (χ3n) is 3.64. The molecule has 0 radical (unpaired) electrons. The minimum Gasteiger partial charge on any atom is -0.478 e. The highest BCUT2D eigenvalue weighted by Gasteiger charge is 2.18. The van der Waals surface area contributed by atoms with Crippen LogP contribution in [0.25, 0.3) is 0 Å². The highest BCUT2D eigenvalue weighted by Crippen LogP contribution is 2.22. The molecule has 1 aromatic rings. The van der Waals surface area contributed by atoms with Gasteiger partial charge in [-0.3, -0.25) is 0 Å². The molecule has 0 atom stereocenters. The van der Waals surface area contributed by atoms with Crippen LogP contribution in [0.4, 0.5) is 14.5 Å². The van der Waals surface area contributed by atoms with E-state index in [1.807, 2.05) is 0 Å². The van der Waals surface area contributed by atoms with Gasteiger partial charge in [-0.05, 0) is 25.0 Å². The van der Waals surface area contributed by atoms with Gasteiger partial charge < -0.3 is 15.2 Å². The van der Waals surface area contributed by atoms with Crippen molar-refractivity contribution in [2.75, 3.05) is 18.5 Å². The van der Waals surface area contributed by atoms with Crippen LogP contribution in [-0.2, 0) is 4.74 Å². The molecule has 0 unspecified atom stereocenters. The van der Waals surface area contributed by atoms with Crippen molar-refractivity contribution in [2.45, 2.75) is 38.2 Å². The van der Waals surface area contributed by atoms with Crippen molar-refractivity contribution >= 4 is 11.7 Å². The molecule has 0 bridgehead atoms. The number of hydrogen-bond donors (Lipinski definition) is 2. The van der Waals surface area contributed by atoms with Crippen molar-refractivity contribution in [3.8, 4) is 0 Å². The summed E-state index contributed by atoms with van der Waals surface area (Å²) in [5, 5.41) is 11.4. The van der Waals surface area contributed by atoms with Crippen LogP contribution in [0.3, 0.4) is 0 Å². The summed E-state index contributed by atoms with van der Waals surface area (Å²) in [6.07, 6.45) is 5.96. The summed E-state index contributed by atoms with van der Waals surface area (Å²) < 4.78 is 32.8. The van der Waals surface area contributed by atoms with Crippen LogP contribution in [0.5, 0.6) is 0 Å². The molecule has 116 valence electrons. The minimum atomic E-state index is -1.49. The SMILES string of the molecule is O=C(O)c1ccc(NCCOC2CCCCC2)c(F)c1F. The average Bonchev–Trinajstić information content (AvgIpc) is 2.48. The van der Waals surface area contributed by atoms with E-state index >= 15 is 0 Å². The molecule has 6 heteroatoms. The molecular formula is C15H19F2NO3. The first-order valence-electron chi connectivity index (χ1n) is 7.16. The van der Waals surface area contributed by atoms with E-state index in [0.29, 0.717) is 13.2 Å². The molecule has 0 aliphatic heterocycles. The third-order valence-corrected chi connectivity index (χ3v) is 3.64. The highest BCUT2D eigenvalue weighted by molar-refractivity contribution is 5.88. The summed E-state index contributed by atoms with van der Waals surface area (Å²) in [5.74, 6) is -4.01. The number of aromatic carboxylic acids is 1. The zero-order valence-corrected chi connectivity index (χ0v) is 11.7. The lowest BCUT2D eigenvalue weighted by Gasteiger charge is -2.22. The summed E-state index contributed by atoms with van der Waals surface area (Å²) in [4.78, 5) is 10.7. The maximum Gasteiger partial charge on any atom is 0.338 e. The Kier molecular flexibility index (Phi) is 5.50. The van der Waals surface area contributed by atoms with Gasteiger partial charge in [0.1, 0.15) is 0 Å².